The molecular weight excluding hydrogens is 128 g/mol. The van der Waals surface area contributed by atoms with E-state index >= 15 is 0 Å². The van der Waals surface area contributed by atoms with Crippen LogP contribution in [-0.4, -0.2) is 12.6 Å². The zero-order valence-electron chi connectivity index (χ0n) is 6.30. The van der Waals surface area contributed by atoms with Gasteiger partial charge < -0.3 is 4.74 Å². The molecular formula is C8H13O2. The summed E-state index contributed by atoms with van der Waals surface area (Å²) in [4.78, 5) is 9.87. The Morgan fingerprint density at radius 2 is 2.10 bits per heavy atom. The van der Waals surface area contributed by atoms with Gasteiger partial charge in [-0.3, -0.25) is 0 Å². The molecule has 1 fully saturated rings. The first-order valence-corrected chi connectivity index (χ1v) is 3.87. The van der Waals surface area contributed by atoms with Crippen molar-refractivity contribution in [2.75, 3.05) is 0 Å². The molecule has 2 atom stereocenters. The monoisotopic (exact) mass is 141 g/mol. The van der Waals surface area contributed by atoms with Crippen LogP contribution in [-0.2, 0) is 9.53 Å². The molecule has 10 heavy (non-hydrogen) atoms. The lowest BCUT2D eigenvalue weighted by Crippen LogP contribution is -2.24. The van der Waals surface area contributed by atoms with Gasteiger partial charge in [0.2, 0.25) is 0 Å². The molecule has 0 heterocycles. The molecule has 0 spiro atoms. The molecule has 0 saturated heterocycles. The first-order chi connectivity index (χ1) is 4.84. The molecule has 0 aromatic rings. The summed E-state index contributed by atoms with van der Waals surface area (Å²) in [6, 6.07) is 0. The van der Waals surface area contributed by atoms with Gasteiger partial charge in [-0.25, -0.2) is 4.79 Å². The van der Waals surface area contributed by atoms with Crippen LogP contribution in [0.1, 0.15) is 32.6 Å². The van der Waals surface area contributed by atoms with E-state index in [0.717, 1.165) is 6.42 Å². The highest BCUT2D eigenvalue weighted by atomic mass is 16.5. The normalized spacial score (nSPS) is 33.3. The predicted molar refractivity (Wildman–Crippen MR) is 38.2 cm³/mol. The van der Waals surface area contributed by atoms with Crippen molar-refractivity contribution >= 4 is 6.47 Å². The van der Waals surface area contributed by atoms with Crippen molar-refractivity contribution in [2.24, 2.45) is 5.92 Å². The number of hydrogen-bond acceptors (Lipinski definition) is 2. The third-order valence-electron chi connectivity index (χ3n) is 2.23. The Morgan fingerprint density at radius 1 is 1.40 bits per heavy atom. The van der Waals surface area contributed by atoms with Crippen LogP contribution in [0.15, 0.2) is 0 Å². The van der Waals surface area contributed by atoms with Crippen LogP contribution >= 0.6 is 0 Å². The highest BCUT2D eigenvalue weighted by molar-refractivity contribution is 5.38. The molecule has 1 rings (SSSR count). The Hall–Kier alpha value is -0.530. The van der Waals surface area contributed by atoms with Crippen LogP contribution in [0.25, 0.3) is 0 Å². The molecule has 1 aliphatic rings. The van der Waals surface area contributed by atoms with Crippen LogP contribution in [0.3, 0.4) is 0 Å². The summed E-state index contributed by atoms with van der Waals surface area (Å²) in [6.45, 7) is 3.64. The standard InChI is InChI=1S/C8H13O2/c1-7-4-2-3-5-8(7)10-6-9/h7-8H,2-5H2,1H3/t7-,8+/m0/s1. The average Bonchev–Trinajstić information content (AvgIpc) is 1.94. The van der Waals surface area contributed by atoms with E-state index in [-0.39, 0.29) is 6.10 Å². The fourth-order valence-electron chi connectivity index (χ4n) is 1.52. The van der Waals surface area contributed by atoms with Gasteiger partial charge in [0, 0.05) is 0 Å². The van der Waals surface area contributed by atoms with Crippen molar-refractivity contribution in [1.29, 1.82) is 0 Å². The Kier molecular flexibility index (Phi) is 2.72. The fourth-order valence-corrected chi connectivity index (χ4v) is 1.52. The van der Waals surface area contributed by atoms with Gasteiger partial charge in [-0.05, 0) is 25.2 Å². The quantitative estimate of drug-likeness (QED) is 0.584. The van der Waals surface area contributed by atoms with Crippen LogP contribution < -0.4 is 0 Å². The van der Waals surface area contributed by atoms with Gasteiger partial charge in [-0.15, -0.1) is 0 Å². The van der Waals surface area contributed by atoms with E-state index in [1.807, 2.05) is 0 Å². The van der Waals surface area contributed by atoms with Gasteiger partial charge in [0.05, 0.1) is 0 Å². The molecule has 2 heteroatoms. The van der Waals surface area contributed by atoms with Gasteiger partial charge in [0.15, 0.2) is 0 Å². The molecule has 0 aliphatic heterocycles. The average molecular weight is 141 g/mol. The summed E-state index contributed by atoms with van der Waals surface area (Å²) in [5, 5.41) is 0. The van der Waals surface area contributed by atoms with E-state index in [1.54, 1.807) is 0 Å². The lowest BCUT2D eigenvalue weighted by Gasteiger charge is -2.26. The molecule has 1 radical (unpaired) electrons. The van der Waals surface area contributed by atoms with Crippen molar-refractivity contribution in [3.63, 3.8) is 0 Å². The Bertz CT molecular complexity index is 112. The predicted octanol–water partition coefficient (Wildman–Crippen LogP) is 1.65. The number of carbonyl (C=O) groups excluding carboxylic acids is 1. The van der Waals surface area contributed by atoms with Gasteiger partial charge in [0.1, 0.15) is 6.10 Å². The molecule has 1 saturated carbocycles. The molecule has 0 bridgehead atoms. The smallest absolute Gasteiger partial charge is 0.417 e. The van der Waals surface area contributed by atoms with Gasteiger partial charge >= 0.3 is 6.47 Å². The molecule has 2 nitrogen and oxygen atoms in total. The summed E-state index contributed by atoms with van der Waals surface area (Å²) in [6.07, 6.45) is 4.82. The zero-order valence-corrected chi connectivity index (χ0v) is 6.30. The second kappa shape index (κ2) is 3.59. The van der Waals surface area contributed by atoms with Gasteiger partial charge in [-0.1, -0.05) is 13.3 Å². The van der Waals surface area contributed by atoms with Gasteiger partial charge in [0.25, 0.3) is 0 Å². The summed E-state index contributed by atoms with van der Waals surface area (Å²) in [7, 11) is 0. The Labute approximate surface area is 61.6 Å². The van der Waals surface area contributed by atoms with Gasteiger partial charge in [-0.2, -0.15) is 0 Å². The molecule has 0 amide bonds. The van der Waals surface area contributed by atoms with Crippen LogP contribution in [0.4, 0.5) is 0 Å². The third kappa shape index (κ3) is 1.72. The maximum Gasteiger partial charge on any atom is 0.417 e. The molecule has 0 aromatic heterocycles. The minimum Gasteiger partial charge on any atom is -0.454 e. The minimum absolute atomic E-state index is 0.145. The van der Waals surface area contributed by atoms with Crippen molar-refractivity contribution in [2.45, 2.75) is 38.7 Å². The van der Waals surface area contributed by atoms with Crippen molar-refractivity contribution in [1.82, 2.24) is 0 Å². The van der Waals surface area contributed by atoms with E-state index in [9.17, 15) is 4.79 Å². The third-order valence-corrected chi connectivity index (χ3v) is 2.23. The molecule has 57 valence electrons. The van der Waals surface area contributed by atoms with E-state index in [4.69, 9.17) is 4.74 Å². The molecule has 1 aliphatic carbocycles. The molecule has 0 aromatic carbocycles. The summed E-state index contributed by atoms with van der Waals surface area (Å²) >= 11 is 0. The highest BCUT2D eigenvalue weighted by Gasteiger charge is 2.21. The topological polar surface area (TPSA) is 26.3 Å². The minimum atomic E-state index is 0.145. The summed E-state index contributed by atoms with van der Waals surface area (Å²) < 4.78 is 4.79. The lowest BCUT2D eigenvalue weighted by atomic mass is 9.88. The number of rotatable bonds is 2. The fraction of sp³-hybridized carbons (Fsp3) is 0.875. The van der Waals surface area contributed by atoms with Crippen LogP contribution in [0.2, 0.25) is 0 Å². The lowest BCUT2D eigenvalue weighted by molar-refractivity contribution is 0.0865. The van der Waals surface area contributed by atoms with Crippen LogP contribution in [0.5, 0.6) is 0 Å². The number of ether oxygens (including phenoxy) is 1. The maximum atomic E-state index is 9.87. The van der Waals surface area contributed by atoms with E-state index in [1.165, 1.54) is 25.7 Å². The second-order valence-electron chi connectivity index (χ2n) is 3.00. The summed E-state index contributed by atoms with van der Waals surface area (Å²) in [5.41, 5.74) is 0. The Morgan fingerprint density at radius 3 is 2.70 bits per heavy atom. The van der Waals surface area contributed by atoms with E-state index in [0.29, 0.717) is 5.92 Å². The van der Waals surface area contributed by atoms with Crippen molar-refractivity contribution in [3.8, 4) is 0 Å². The second-order valence-corrected chi connectivity index (χ2v) is 3.00. The summed E-state index contributed by atoms with van der Waals surface area (Å²) in [5.74, 6) is 0.537. The zero-order chi connectivity index (χ0) is 7.40. The van der Waals surface area contributed by atoms with E-state index in [2.05, 4.69) is 6.92 Å². The van der Waals surface area contributed by atoms with E-state index < -0.39 is 0 Å². The SMILES string of the molecule is C[C@H]1CCCC[C@H]1O[C]=O. The van der Waals surface area contributed by atoms with Crippen LogP contribution in [0, 0.1) is 5.92 Å². The number of hydrogen-bond donors (Lipinski definition) is 0. The first kappa shape index (κ1) is 7.58. The maximum absolute atomic E-state index is 9.87. The Balaban J connectivity index is 2.32. The van der Waals surface area contributed by atoms with Crippen molar-refractivity contribution < 1.29 is 9.53 Å². The highest BCUT2D eigenvalue weighted by Crippen LogP contribution is 2.25. The largest absolute Gasteiger partial charge is 0.454 e. The van der Waals surface area contributed by atoms with Crippen molar-refractivity contribution in [3.05, 3.63) is 0 Å². The molecule has 0 N–H and O–H groups in total. The first-order valence-electron chi connectivity index (χ1n) is 3.87. The molecule has 0 unspecified atom stereocenters.